The molecule has 0 aromatic carbocycles. The average molecular weight is 214 g/mol. The third kappa shape index (κ3) is 4.51. The number of rotatable bonds is 4. The van der Waals surface area contributed by atoms with Crippen molar-refractivity contribution in [1.29, 1.82) is 0 Å². The zero-order valence-electron chi connectivity index (χ0n) is 9.71. The zero-order chi connectivity index (χ0) is 11.1. The van der Waals surface area contributed by atoms with Crippen LogP contribution >= 0.6 is 0 Å². The van der Waals surface area contributed by atoms with Gasteiger partial charge in [0.25, 0.3) is 0 Å². The van der Waals surface area contributed by atoms with Crippen molar-refractivity contribution in [2.75, 3.05) is 19.6 Å². The molecule has 1 fully saturated rings. The van der Waals surface area contributed by atoms with E-state index in [1.165, 1.54) is 0 Å². The van der Waals surface area contributed by atoms with Gasteiger partial charge in [-0.1, -0.05) is 20.3 Å². The van der Waals surface area contributed by atoms with Gasteiger partial charge in [-0.05, 0) is 25.3 Å². The number of amides is 1. The molecule has 2 atom stereocenters. The van der Waals surface area contributed by atoms with Gasteiger partial charge < -0.3 is 15.4 Å². The van der Waals surface area contributed by atoms with Crippen molar-refractivity contribution in [2.45, 2.75) is 39.2 Å². The molecule has 1 aliphatic heterocycles. The topological polar surface area (TPSA) is 50.4 Å². The Balaban J connectivity index is 2.18. The minimum atomic E-state index is -0.274. The van der Waals surface area contributed by atoms with Crippen LogP contribution in [0.15, 0.2) is 0 Å². The predicted molar refractivity (Wildman–Crippen MR) is 59.8 cm³/mol. The Labute approximate surface area is 91.8 Å². The number of ether oxygens (including phenoxy) is 1. The quantitative estimate of drug-likeness (QED) is 0.697. The van der Waals surface area contributed by atoms with Crippen LogP contribution in [0.25, 0.3) is 0 Å². The summed E-state index contributed by atoms with van der Waals surface area (Å²) in [5, 5.41) is 6.00. The Kier molecular flexibility index (Phi) is 5.47. The Morgan fingerprint density at radius 3 is 3.07 bits per heavy atom. The summed E-state index contributed by atoms with van der Waals surface area (Å²) in [5.74, 6) is 0.461. The number of nitrogens with one attached hydrogen (secondary N) is 2. The second kappa shape index (κ2) is 6.67. The summed E-state index contributed by atoms with van der Waals surface area (Å²) in [7, 11) is 0. The standard InChI is InChI=1S/C11H22N2O2/c1-3-4-6-13-11(14)15-10-8-12-7-5-9(10)2/h9-10,12H,3-8H2,1-2H3,(H,13,14). The predicted octanol–water partition coefficient (Wildman–Crippen LogP) is 1.51. The van der Waals surface area contributed by atoms with Crippen LogP contribution < -0.4 is 10.6 Å². The fraction of sp³-hybridized carbons (Fsp3) is 0.909. The van der Waals surface area contributed by atoms with Crippen LogP contribution in [0.2, 0.25) is 0 Å². The zero-order valence-corrected chi connectivity index (χ0v) is 9.71. The van der Waals surface area contributed by atoms with E-state index in [0.29, 0.717) is 12.5 Å². The maximum Gasteiger partial charge on any atom is 0.407 e. The maximum absolute atomic E-state index is 11.4. The molecular weight excluding hydrogens is 192 g/mol. The van der Waals surface area contributed by atoms with Gasteiger partial charge in [0.1, 0.15) is 6.10 Å². The van der Waals surface area contributed by atoms with E-state index < -0.39 is 0 Å². The second-order valence-electron chi connectivity index (χ2n) is 4.19. The van der Waals surface area contributed by atoms with Gasteiger partial charge in [-0.2, -0.15) is 0 Å². The summed E-state index contributed by atoms with van der Waals surface area (Å²) in [6.45, 7) is 6.75. The molecule has 4 nitrogen and oxygen atoms in total. The SMILES string of the molecule is CCCCNC(=O)OC1CNCCC1C. The second-order valence-corrected chi connectivity index (χ2v) is 4.19. The van der Waals surface area contributed by atoms with Gasteiger partial charge >= 0.3 is 6.09 Å². The highest BCUT2D eigenvalue weighted by molar-refractivity contribution is 5.67. The van der Waals surface area contributed by atoms with Crippen LogP contribution in [0.5, 0.6) is 0 Å². The average Bonchev–Trinajstić information content (AvgIpc) is 2.22. The molecule has 88 valence electrons. The van der Waals surface area contributed by atoms with E-state index in [2.05, 4.69) is 24.5 Å². The highest BCUT2D eigenvalue weighted by Crippen LogP contribution is 2.14. The molecule has 2 unspecified atom stereocenters. The molecule has 1 aliphatic rings. The van der Waals surface area contributed by atoms with Gasteiger partial charge in [-0.15, -0.1) is 0 Å². The summed E-state index contributed by atoms with van der Waals surface area (Å²) in [5.41, 5.74) is 0. The Morgan fingerprint density at radius 2 is 2.40 bits per heavy atom. The van der Waals surface area contributed by atoms with Crippen molar-refractivity contribution < 1.29 is 9.53 Å². The van der Waals surface area contributed by atoms with Gasteiger partial charge in [0.2, 0.25) is 0 Å². The van der Waals surface area contributed by atoms with E-state index in [1.54, 1.807) is 0 Å². The van der Waals surface area contributed by atoms with Crippen molar-refractivity contribution in [3.63, 3.8) is 0 Å². The fourth-order valence-electron chi connectivity index (χ4n) is 1.67. The van der Waals surface area contributed by atoms with E-state index in [9.17, 15) is 4.79 Å². The molecule has 1 heterocycles. The third-order valence-electron chi connectivity index (χ3n) is 2.81. The molecule has 2 N–H and O–H groups in total. The first-order chi connectivity index (χ1) is 7.24. The van der Waals surface area contributed by atoms with E-state index in [1.807, 2.05) is 0 Å². The number of piperidine rings is 1. The maximum atomic E-state index is 11.4. The minimum Gasteiger partial charge on any atom is -0.445 e. The summed E-state index contributed by atoms with van der Waals surface area (Å²) < 4.78 is 5.34. The van der Waals surface area contributed by atoms with E-state index >= 15 is 0 Å². The molecule has 0 bridgehead atoms. The van der Waals surface area contributed by atoms with Crippen LogP contribution in [0, 0.1) is 5.92 Å². The first-order valence-electron chi connectivity index (χ1n) is 5.89. The molecule has 1 saturated heterocycles. The number of hydrogen-bond acceptors (Lipinski definition) is 3. The van der Waals surface area contributed by atoms with E-state index in [4.69, 9.17) is 4.74 Å². The number of hydrogen-bond donors (Lipinski definition) is 2. The van der Waals surface area contributed by atoms with Crippen molar-refractivity contribution >= 4 is 6.09 Å². The first-order valence-corrected chi connectivity index (χ1v) is 5.89. The van der Waals surface area contributed by atoms with Crippen LogP contribution in [-0.2, 0) is 4.74 Å². The molecule has 0 aromatic heterocycles. The monoisotopic (exact) mass is 214 g/mol. The third-order valence-corrected chi connectivity index (χ3v) is 2.81. The normalized spacial score (nSPS) is 26.0. The minimum absolute atomic E-state index is 0.0281. The summed E-state index contributed by atoms with van der Waals surface area (Å²) >= 11 is 0. The van der Waals surface area contributed by atoms with Gasteiger partial charge in [0, 0.05) is 13.1 Å². The van der Waals surface area contributed by atoms with Crippen LogP contribution in [-0.4, -0.2) is 31.8 Å². The molecule has 0 spiro atoms. The molecule has 1 rings (SSSR count). The van der Waals surface area contributed by atoms with Crippen molar-refractivity contribution in [3.8, 4) is 0 Å². The Hall–Kier alpha value is -0.770. The molecule has 4 heteroatoms. The lowest BCUT2D eigenvalue weighted by Gasteiger charge is -2.29. The lowest BCUT2D eigenvalue weighted by atomic mass is 9.97. The summed E-state index contributed by atoms with van der Waals surface area (Å²) in [4.78, 5) is 11.4. The van der Waals surface area contributed by atoms with Crippen LogP contribution in [0.4, 0.5) is 4.79 Å². The van der Waals surface area contributed by atoms with Crippen molar-refractivity contribution in [2.24, 2.45) is 5.92 Å². The lowest BCUT2D eigenvalue weighted by molar-refractivity contribution is 0.0520. The molecule has 0 saturated carbocycles. The molecular formula is C11H22N2O2. The Bertz CT molecular complexity index is 197. The van der Waals surface area contributed by atoms with Gasteiger partial charge in [0.05, 0.1) is 0 Å². The number of alkyl carbamates (subject to hydrolysis) is 1. The van der Waals surface area contributed by atoms with Gasteiger partial charge in [-0.3, -0.25) is 0 Å². The number of carbonyl (C=O) groups is 1. The van der Waals surface area contributed by atoms with E-state index in [-0.39, 0.29) is 12.2 Å². The number of unbranched alkanes of at least 4 members (excludes halogenated alkanes) is 1. The summed E-state index contributed by atoms with van der Waals surface area (Å²) in [6, 6.07) is 0. The van der Waals surface area contributed by atoms with Gasteiger partial charge in [-0.25, -0.2) is 4.79 Å². The Morgan fingerprint density at radius 1 is 1.60 bits per heavy atom. The highest BCUT2D eigenvalue weighted by atomic mass is 16.6. The van der Waals surface area contributed by atoms with Gasteiger partial charge in [0.15, 0.2) is 0 Å². The van der Waals surface area contributed by atoms with Crippen molar-refractivity contribution in [3.05, 3.63) is 0 Å². The largest absolute Gasteiger partial charge is 0.445 e. The fourth-order valence-corrected chi connectivity index (χ4v) is 1.67. The molecule has 1 amide bonds. The van der Waals surface area contributed by atoms with Crippen LogP contribution in [0.3, 0.4) is 0 Å². The first kappa shape index (κ1) is 12.3. The smallest absolute Gasteiger partial charge is 0.407 e. The van der Waals surface area contributed by atoms with Crippen molar-refractivity contribution in [1.82, 2.24) is 10.6 Å². The lowest BCUT2D eigenvalue weighted by Crippen LogP contribution is -2.44. The number of carbonyl (C=O) groups excluding carboxylic acids is 1. The summed E-state index contributed by atoms with van der Waals surface area (Å²) in [6.07, 6.45) is 2.92. The molecule has 0 aromatic rings. The molecule has 15 heavy (non-hydrogen) atoms. The van der Waals surface area contributed by atoms with Crippen LogP contribution in [0.1, 0.15) is 33.1 Å². The molecule has 0 radical (unpaired) electrons. The highest BCUT2D eigenvalue weighted by Gasteiger charge is 2.24. The molecule has 0 aliphatic carbocycles. The van der Waals surface area contributed by atoms with E-state index in [0.717, 1.165) is 32.4 Å².